The average molecular weight is 331 g/mol. The number of anilines is 3. The Labute approximate surface area is 138 Å². The third-order valence-electron chi connectivity index (χ3n) is 4.05. The molecule has 1 N–H and O–H groups in total. The number of hydrogen-bond acceptors (Lipinski definition) is 6. The molecule has 0 bridgehead atoms. The van der Waals surface area contributed by atoms with Gasteiger partial charge >= 0.3 is 5.69 Å². The highest BCUT2D eigenvalue weighted by molar-refractivity contribution is 5.74. The monoisotopic (exact) mass is 331 g/mol. The normalized spacial score (nSPS) is 17.6. The number of piperidine rings is 1. The maximum absolute atomic E-state index is 13.0. The van der Waals surface area contributed by atoms with Crippen molar-refractivity contribution in [3.63, 3.8) is 0 Å². The summed E-state index contributed by atoms with van der Waals surface area (Å²) < 4.78 is 13.0. The van der Waals surface area contributed by atoms with Gasteiger partial charge < -0.3 is 10.2 Å². The smallest absolute Gasteiger partial charge is 0.350 e. The Morgan fingerprint density at radius 2 is 2.08 bits per heavy atom. The number of rotatable bonds is 4. The van der Waals surface area contributed by atoms with Crippen LogP contribution in [0.25, 0.3) is 0 Å². The molecule has 0 radical (unpaired) electrons. The number of aromatic nitrogens is 2. The van der Waals surface area contributed by atoms with Crippen LogP contribution in [-0.2, 0) is 0 Å². The van der Waals surface area contributed by atoms with E-state index >= 15 is 0 Å². The Morgan fingerprint density at radius 1 is 1.33 bits per heavy atom. The molecule has 0 spiro atoms. The molecule has 1 aromatic heterocycles. The number of nitrogens with one attached hydrogen (secondary N) is 1. The van der Waals surface area contributed by atoms with Crippen molar-refractivity contribution < 1.29 is 9.31 Å². The molecule has 2 heterocycles. The van der Waals surface area contributed by atoms with Crippen molar-refractivity contribution >= 4 is 23.0 Å². The van der Waals surface area contributed by atoms with Gasteiger partial charge in [0.25, 0.3) is 0 Å². The third-order valence-corrected chi connectivity index (χ3v) is 4.05. The van der Waals surface area contributed by atoms with E-state index in [1.165, 1.54) is 30.6 Å². The van der Waals surface area contributed by atoms with Crippen molar-refractivity contribution in [2.75, 3.05) is 23.3 Å². The van der Waals surface area contributed by atoms with Crippen molar-refractivity contribution in [2.45, 2.75) is 19.8 Å². The van der Waals surface area contributed by atoms with Crippen LogP contribution >= 0.6 is 0 Å². The molecule has 24 heavy (non-hydrogen) atoms. The fourth-order valence-corrected chi connectivity index (χ4v) is 2.91. The van der Waals surface area contributed by atoms with Crippen LogP contribution in [0.5, 0.6) is 0 Å². The van der Waals surface area contributed by atoms with Crippen molar-refractivity contribution in [1.82, 2.24) is 9.97 Å². The lowest BCUT2D eigenvalue weighted by Gasteiger charge is -2.31. The second-order valence-corrected chi connectivity index (χ2v) is 5.98. The lowest BCUT2D eigenvalue weighted by Crippen LogP contribution is -2.35. The molecule has 1 aromatic carbocycles. The van der Waals surface area contributed by atoms with Crippen LogP contribution in [0, 0.1) is 21.8 Å². The number of nitro groups is 1. The molecule has 8 heteroatoms. The molecule has 1 aliphatic rings. The van der Waals surface area contributed by atoms with Crippen molar-refractivity contribution in [2.24, 2.45) is 5.92 Å². The number of benzene rings is 1. The van der Waals surface area contributed by atoms with Crippen LogP contribution in [0.4, 0.5) is 27.4 Å². The molecule has 1 saturated heterocycles. The molecular formula is C16H18FN5O2. The quantitative estimate of drug-likeness (QED) is 0.682. The molecule has 7 nitrogen and oxygen atoms in total. The zero-order valence-corrected chi connectivity index (χ0v) is 13.3. The minimum absolute atomic E-state index is 0.106. The van der Waals surface area contributed by atoms with Crippen LogP contribution in [-0.4, -0.2) is 28.0 Å². The maximum Gasteiger partial charge on any atom is 0.353 e. The summed E-state index contributed by atoms with van der Waals surface area (Å²) in [5, 5.41) is 14.5. The zero-order chi connectivity index (χ0) is 17.1. The van der Waals surface area contributed by atoms with Gasteiger partial charge in [-0.3, -0.25) is 10.1 Å². The standard InChI is InChI=1S/C16H18FN5O2/c1-11-3-2-8-21(9-11)16-14(22(23)24)15(18-10-19-16)20-13-6-4-12(17)5-7-13/h4-7,10-11H,2-3,8-9H2,1H3,(H,18,19,20). The molecule has 0 saturated carbocycles. The van der Waals surface area contributed by atoms with Gasteiger partial charge in [0, 0.05) is 18.8 Å². The van der Waals surface area contributed by atoms with Crippen LogP contribution in [0.3, 0.4) is 0 Å². The average Bonchev–Trinajstić information content (AvgIpc) is 2.56. The zero-order valence-electron chi connectivity index (χ0n) is 13.3. The molecule has 126 valence electrons. The van der Waals surface area contributed by atoms with E-state index in [9.17, 15) is 14.5 Å². The van der Waals surface area contributed by atoms with E-state index < -0.39 is 4.92 Å². The predicted molar refractivity (Wildman–Crippen MR) is 89.0 cm³/mol. The highest BCUT2D eigenvalue weighted by Crippen LogP contribution is 2.35. The summed E-state index contributed by atoms with van der Waals surface area (Å²) in [4.78, 5) is 21.2. The van der Waals surface area contributed by atoms with E-state index in [0.717, 1.165) is 25.9 Å². The predicted octanol–water partition coefficient (Wildman–Crippen LogP) is 3.50. The first-order valence-electron chi connectivity index (χ1n) is 7.81. The molecule has 0 amide bonds. The molecule has 0 aliphatic carbocycles. The van der Waals surface area contributed by atoms with Gasteiger partial charge in [0.15, 0.2) is 0 Å². The van der Waals surface area contributed by atoms with Crippen molar-refractivity contribution in [1.29, 1.82) is 0 Å². The van der Waals surface area contributed by atoms with Gasteiger partial charge in [0.05, 0.1) is 4.92 Å². The lowest BCUT2D eigenvalue weighted by atomic mass is 10.0. The summed E-state index contributed by atoms with van der Waals surface area (Å²) in [6.07, 6.45) is 3.40. The summed E-state index contributed by atoms with van der Waals surface area (Å²) in [7, 11) is 0. The largest absolute Gasteiger partial charge is 0.353 e. The summed E-state index contributed by atoms with van der Waals surface area (Å²) in [6.45, 7) is 3.59. The van der Waals surface area contributed by atoms with E-state index in [1.54, 1.807) is 0 Å². The van der Waals surface area contributed by atoms with Gasteiger partial charge in [-0.25, -0.2) is 14.4 Å². The summed E-state index contributed by atoms with van der Waals surface area (Å²) in [5.41, 5.74) is 0.368. The number of halogens is 1. The fraction of sp³-hybridized carbons (Fsp3) is 0.375. The molecule has 1 unspecified atom stereocenters. The van der Waals surface area contributed by atoms with E-state index in [4.69, 9.17) is 0 Å². The molecule has 2 aromatic rings. The first-order valence-corrected chi connectivity index (χ1v) is 7.81. The molecular weight excluding hydrogens is 313 g/mol. The minimum atomic E-state index is -0.472. The van der Waals surface area contributed by atoms with E-state index in [2.05, 4.69) is 22.2 Å². The molecule has 1 aliphatic heterocycles. The topological polar surface area (TPSA) is 84.2 Å². The summed E-state index contributed by atoms with van der Waals surface area (Å²) in [5.74, 6) is 0.517. The van der Waals surface area contributed by atoms with Gasteiger partial charge in [-0.15, -0.1) is 0 Å². The van der Waals surface area contributed by atoms with E-state index in [1.807, 2.05) is 4.90 Å². The molecule has 1 atom stereocenters. The van der Waals surface area contributed by atoms with Crippen molar-refractivity contribution in [3.05, 3.63) is 46.5 Å². The SMILES string of the molecule is CC1CCCN(c2ncnc(Nc3ccc(F)cc3)c2[N+](=O)[O-])C1. The Bertz CT molecular complexity index is 738. The Hall–Kier alpha value is -2.77. The van der Waals surface area contributed by atoms with Gasteiger partial charge in [0.1, 0.15) is 12.1 Å². The minimum Gasteiger partial charge on any atom is -0.350 e. The fourth-order valence-electron chi connectivity index (χ4n) is 2.91. The van der Waals surface area contributed by atoms with Gasteiger partial charge in [-0.1, -0.05) is 6.92 Å². The van der Waals surface area contributed by atoms with Gasteiger partial charge in [-0.05, 0) is 43.0 Å². The Morgan fingerprint density at radius 3 is 2.75 bits per heavy atom. The highest BCUT2D eigenvalue weighted by atomic mass is 19.1. The lowest BCUT2D eigenvalue weighted by molar-refractivity contribution is -0.383. The van der Waals surface area contributed by atoms with Crippen LogP contribution in [0.2, 0.25) is 0 Å². The van der Waals surface area contributed by atoms with Gasteiger partial charge in [-0.2, -0.15) is 0 Å². The first-order chi connectivity index (χ1) is 11.5. The van der Waals surface area contributed by atoms with Crippen LogP contribution in [0.1, 0.15) is 19.8 Å². The Balaban J connectivity index is 1.95. The third kappa shape index (κ3) is 3.42. The summed E-state index contributed by atoms with van der Waals surface area (Å²) in [6, 6.07) is 5.57. The van der Waals surface area contributed by atoms with E-state index in [-0.39, 0.29) is 17.3 Å². The summed E-state index contributed by atoms with van der Waals surface area (Å²) >= 11 is 0. The van der Waals surface area contributed by atoms with E-state index in [0.29, 0.717) is 17.4 Å². The second-order valence-electron chi connectivity index (χ2n) is 5.98. The Kier molecular flexibility index (Phi) is 4.54. The first kappa shape index (κ1) is 16.1. The second kappa shape index (κ2) is 6.77. The molecule has 3 rings (SSSR count). The number of hydrogen-bond donors (Lipinski definition) is 1. The maximum atomic E-state index is 13.0. The molecule has 1 fully saturated rings. The number of nitrogens with zero attached hydrogens (tertiary/aromatic N) is 4. The van der Waals surface area contributed by atoms with Gasteiger partial charge in [0.2, 0.25) is 11.6 Å². The van der Waals surface area contributed by atoms with Crippen molar-refractivity contribution in [3.8, 4) is 0 Å². The van der Waals surface area contributed by atoms with Crippen LogP contribution in [0.15, 0.2) is 30.6 Å². The van der Waals surface area contributed by atoms with Crippen LogP contribution < -0.4 is 10.2 Å². The highest BCUT2D eigenvalue weighted by Gasteiger charge is 2.29.